The molecule has 10 heteroatoms. The van der Waals surface area contributed by atoms with E-state index in [4.69, 9.17) is 0 Å². The maximum absolute atomic E-state index is 12.3. The van der Waals surface area contributed by atoms with Crippen molar-refractivity contribution in [2.45, 2.75) is 13.5 Å². The number of rotatable bonds is 4. The Kier molecular flexibility index (Phi) is 3.71. The highest BCUT2D eigenvalue weighted by atomic mass is 16.2. The summed E-state index contributed by atoms with van der Waals surface area (Å²) in [4.78, 5) is 31.7. The van der Waals surface area contributed by atoms with Gasteiger partial charge in [-0.05, 0) is 6.92 Å². The maximum atomic E-state index is 12.3. The summed E-state index contributed by atoms with van der Waals surface area (Å²) in [6.07, 6.45) is 4.45. The zero-order valence-electron chi connectivity index (χ0n) is 12.5. The van der Waals surface area contributed by atoms with E-state index < -0.39 is 5.91 Å². The molecule has 3 rings (SSSR count). The Labute approximate surface area is 130 Å². The van der Waals surface area contributed by atoms with Crippen LogP contribution in [0.3, 0.4) is 0 Å². The largest absolute Gasteiger partial charge is 0.358 e. The molecule has 0 saturated carbocycles. The minimum Gasteiger partial charge on any atom is -0.358 e. The fourth-order valence-corrected chi connectivity index (χ4v) is 2.04. The molecular formula is C13H14N8O2. The van der Waals surface area contributed by atoms with Crippen LogP contribution in [0.1, 0.15) is 16.1 Å². The van der Waals surface area contributed by atoms with E-state index in [1.54, 1.807) is 23.7 Å². The molecule has 2 amide bonds. The Bertz CT molecular complexity index is 881. The van der Waals surface area contributed by atoms with Crippen LogP contribution in [0.4, 0.5) is 5.95 Å². The predicted molar refractivity (Wildman–Crippen MR) is 79.8 cm³/mol. The van der Waals surface area contributed by atoms with Crippen molar-refractivity contribution >= 4 is 23.4 Å². The van der Waals surface area contributed by atoms with Crippen molar-refractivity contribution in [1.82, 2.24) is 34.7 Å². The van der Waals surface area contributed by atoms with Gasteiger partial charge in [-0.25, -0.2) is 19.2 Å². The third kappa shape index (κ3) is 2.86. The van der Waals surface area contributed by atoms with Crippen molar-refractivity contribution in [3.8, 4) is 0 Å². The molecule has 0 spiro atoms. The number of nitrogens with one attached hydrogen (secondary N) is 2. The van der Waals surface area contributed by atoms with Gasteiger partial charge < -0.3 is 5.32 Å². The van der Waals surface area contributed by atoms with Crippen LogP contribution in [0.5, 0.6) is 0 Å². The van der Waals surface area contributed by atoms with Gasteiger partial charge in [0, 0.05) is 19.3 Å². The van der Waals surface area contributed by atoms with Crippen molar-refractivity contribution in [3.05, 3.63) is 36.0 Å². The maximum Gasteiger partial charge on any atom is 0.261 e. The summed E-state index contributed by atoms with van der Waals surface area (Å²) in [5.74, 6) is -0.499. The molecule has 0 bridgehead atoms. The van der Waals surface area contributed by atoms with Crippen LogP contribution in [-0.2, 0) is 11.3 Å². The zero-order valence-corrected chi connectivity index (χ0v) is 12.5. The van der Waals surface area contributed by atoms with E-state index in [-0.39, 0.29) is 18.4 Å². The number of fused-ring (bicyclic) bond motifs is 1. The average Bonchev–Trinajstić information content (AvgIpc) is 3.17. The second-order valence-corrected chi connectivity index (χ2v) is 4.75. The minimum atomic E-state index is -0.398. The van der Waals surface area contributed by atoms with E-state index in [0.717, 1.165) is 0 Å². The lowest BCUT2D eigenvalue weighted by Gasteiger charge is -2.06. The van der Waals surface area contributed by atoms with E-state index in [9.17, 15) is 9.59 Å². The quantitative estimate of drug-likeness (QED) is 0.678. The molecule has 0 aliphatic rings. The molecule has 3 aromatic heterocycles. The minimum absolute atomic E-state index is 0.0270. The molecule has 0 atom stereocenters. The van der Waals surface area contributed by atoms with Crippen molar-refractivity contribution in [2.24, 2.45) is 0 Å². The molecule has 0 unspecified atom stereocenters. The molecule has 23 heavy (non-hydrogen) atoms. The van der Waals surface area contributed by atoms with Crippen LogP contribution in [0.2, 0.25) is 0 Å². The lowest BCUT2D eigenvalue weighted by molar-refractivity contribution is -0.121. The van der Waals surface area contributed by atoms with Crippen LogP contribution >= 0.6 is 0 Å². The Balaban J connectivity index is 1.78. The summed E-state index contributed by atoms with van der Waals surface area (Å²) in [5.41, 5.74) is 1.68. The van der Waals surface area contributed by atoms with Gasteiger partial charge in [0.1, 0.15) is 12.9 Å². The number of nitrogens with zero attached hydrogens (tertiary/aromatic N) is 6. The highest BCUT2D eigenvalue weighted by Gasteiger charge is 2.15. The number of aryl methyl sites for hydroxylation is 1. The van der Waals surface area contributed by atoms with Crippen molar-refractivity contribution in [2.75, 3.05) is 12.4 Å². The Morgan fingerprint density at radius 1 is 1.30 bits per heavy atom. The van der Waals surface area contributed by atoms with E-state index in [1.807, 2.05) is 0 Å². The van der Waals surface area contributed by atoms with Gasteiger partial charge in [0.15, 0.2) is 5.65 Å². The first-order valence-electron chi connectivity index (χ1n) is 6.79. The summed E-state index contributed by atoms with van der Waals surface area (Å²) in [6.45, 7) is 1.80. The topological polar surface area (TPSA) is 119 Å². The molecule has 3 aromatic rings. The third-order valence-electron chi connectivity index (χ3n) is 3.25. The molecule has 118 valence electrons. The second-order valence-electron chi connectivity index (χ2n) is 4.75. The second kappa shape index (κ2) is 5.83. The van der Waals surface area contributed by atoms with E-state index in [0.29, 0.717) is 16.9 Å². The van der Waals surface area contributed by atoms with Gasteiger partial charge >= 0.3 is 0 Å². The molecule has 2 N–H and O–H groups in total. The van der Waals surface area contributed by atoms with E-state index >= 15 is 0 Å². The van der Waals surface area contributed by atoms with Crippen LogP contribution in [0.15, 0.2) is 24.8 Å². The first-order valence-corrected chi connectivity index (χ1v) is 6.79. The molecule has 0 aromatic carbocycles. The monoisotopic (exact) mass is 314 g/mol. The Morgan fingerprint density at radius 2 is 2.13 bits per heavy atom. The van der Waals surface area contributed by atoms with E-state index in [2.05, 4.69) is 30.8 Å². The first-order chi connectivity index (χ1) is 11.1. The number of anilines is 1. The normalized spacial score (nSPS) is 10.7. The molecule has 10 nitrogen and oxygen atoms in total. The summed E-state index contributed by atoms with van der Waals surface area (Å²) >= 11 is 0. The summed E-state index contributed by atoms with van der Waals surface area (Å²) < 4.78 is 2.91. The molecule has 0 aliphatic heterocycles. The molecule has 0 saturated heterocycles. The molecular weight excluding hydrogens is 300 g/mol. The van der Waals surface area contributed by atoms with Gasteiger partial charge in [0.05, 0.1) is 17.5 Å². The fraction of sp³-hybridized carbons (Fsp3) is 0.231. The standard InChI is InChI=1S/C13H14N8O2/c1-8-9(5-15-10-3-4-17-21(8)10)12(23)18-13-16-7-20(19-13)6-11(22)14-2/h3-5,7H,6H2,1-2H3,(H,14,22)(H,18,19,23). The van der Waals surface area contributed by atoms with E-state index in [1.165, 1.54) is 24.3 Å². The van der Waals surface area contributed by atoms with Crippen LogP contribution in [-0.4, -0.2) is 48.2 Å². The lowest BCUT2D eigenvalue weighted by atomic mass is 10.2. The number of carbonyl (C=O) groups excluding carboxylic acids is 2. The van der Waals surface area contributed by atoms with Gasteiger partial charge in [0.2, 0.25) is 11.9 Å². The van der Waals surface area contributed by atoms with Gasteiger partial charge in [-0.3, -0.25) is 14.9 Å². The summed E-state index contributed by atoms with van der Waals surface area (Å²) in [5, 5.41) is 13.2. The number of likely N-dealkylation sites (N-methyl/N-ethyl adjacent to an activating group) is 1. The number of hydrogen-bond donors (Lipinski definition) is 2. The SMILES string of the molecule is CNC(=O)Cn1cnc(NC(=O)c2cnc3ccnn3c2C)n1. The molecule has 0 aliphatic carbocycles. The van der Waals surface area contributed by atoms with Gasteiger partial charge in [-0.2, -0.15) is 5.10 Å². The predicted octanol–water partition coefficient (Wildman–Crippen LogP) is -0.372. The number of carbonyl (C=O) groups is 2. The lowest BCUT2D eigenvalue weighted by Crippen LogP contribution is -2.23. The van der Waals surface area contributed by atoms with Crippen LogP contribution < -0.4 is 10.6 Å². The van der Waals surface area contributed by atoms with Gasteiger partial charge in [-0.1, -0.05) is 0 Å². The summed E-state index contributed by atoms with van der Waals surface area (Å²) in [7, 11) is 1.53. The fourth-order valence-electron chi connectivity index (χ4n) is 2.04. The van der Waals surface area contributed by atoms with Gasteiger partial charge in [-0.15, -0.1) is 5.10 Å². The van der Waals surface area contributed by atoms with Crippen molar-refractivity contribution in [3.63, 3.8) is 0 Å². The Hall–Kier alpha value is -3.30. The van der Waals surface area contributed by atoms with Gasteiger partial charge in [0.25, 0.3) is 5.91 Å². The molecule has 0 fully saturated rings. The molecule has 3 heterocycles. The number of aromatic nitrogens is 6. The number of amides is 2. The van der Waals surface area contributed by atoms with Crippen molar-refractivity contribution in [1.29, 1.82) is 0 Å². The first kappa shape index (κ1) is 14.6. The highest BCUT2D eigenvalue weighted by molar-refractivity contribution is 6.04. The average molecular weight is 314 g/mol. The van der Waals surface area contributed by atoms with Crippen LogP contribution in [0, 0.1) is 6.92 Å². The zero-order chi connectivity index (χ0) is 16.4. The highest BCUT2D eigenvalue weighted by Crippen LogP contribution is 2.10. The summed E-state index contributed by atoms with van der Waals surface area (Å²) in [6, 6.07) is 1.75. The van der Waals surface area contributed by atoms with Crippen LogP contribution in [0.25, 0.3) is 5.65 Å². The number of hydrogen-bond acceptors (Lipinski definition) is 6. The molecule has 0 radical (unpaired) electrons. The van der Waals surface area contributed by atoms with Crippen molar-refractivity contribution < 1.29 is 9.59 Å². The third-order valence-corrected chi connectivity index (χ3v) is 3.25. The Morgan fingerprint density at radius 3 is 2.91 bits per heavy atom. The smallest absolute Gasteiger partial charge is 0.261 e.